The van der Waals surface area contributed by atoms with Crippen LogP contribution in [-0.2, 0) is 22.8 Å². The molecule has 0 saturated carbocycles. The number of aromatic nitrogens is 2. The van der Waals surface area contributed by atoms with E-state index in [1.54, 1.807) is 0 Å². The van der Waals surface area contributed by atoms with Gasteiger partial charge in [0.15, 0.2) is 0 Å². The van der Waals surface area contributed by atoms with Crippen LogP contribution >= 0.6 is 0 Å². The molecule has 0 spiro atoms. The molecule has 1 aromatic heterocycles. The Bertz CT molecular complexity index is 521. The van der Waals surface area contributed by atoms with Crippen molar-refractivity contribution < 1.29 is 8.42 Å². The number of nitrogens with zero attached hydrogens (tertiary/aromatic N) is 2. The molecule has 1 N–H and O–H groups in total. The van der Waals surface area contributed by atoms with E-state index in [0.29, 0.717) is 6.54 Å². The normalized spacial score (nSPS) is 12.0. The minimum absolute atomic E-state index is 0.145. The first-order valence-corrected chi connectivity index (χ1v) is 9.32. The molecule has 0 amide bonds. The van der Waals surface area contributed by atoms with Gasteiger partial charge in [0.25, 0.3) is 0 Å². The minimum atomic E-state index is -2.94. The van der Waals surface area contributed by atoms with Gasteiger partial charge in [-0.1, -0.05) is 6.92 Å². The third-order valence-corrected chi connectivity index (χ3v) is 4.34. The van der Waals surface area contributed by atoms with E-state index in [2.05, 4.69) is 17.3 Å². The molecular formula is C14H27N3O2S. The van der Waals surface area contributed by atoms with Gasteiger partial charge in [0, 0.05) is 11.9 Å². The van der Waals surface area contributed by atoms with Crippen molar-refractivity contribution in [3.05, 3.63) is 17.0 Å². The first-order chi connectivity index (χ1) is 9.35. The fourth-order valence-corrected chi connectivity index (χ4v) is 2.76. The SMILES string of the molecule is CCCNCCCc1c(C)nn(CCS(C)(=O)=O)c1C. The lowest BCUT2D eigenvalue weighted by Gasteiger charge is -2.06. The van der Waals surface area contributed by atoms with Crippen molar-refractivity contribution >= 4 is 9.84 Å². The topological polar surface area (TPSA) is 64.0 Å². The molecule has 20 heavy (non-hydrogen) atoms. The van der Waals surface area contributed by atoms with E-state index in [-0.39, 0.29) is 5.75 Å². The predicted molar refractivity (Wildman–Crippen MR) is 82.9 cm³/mol. The van der Waals surface area contributed by atoms with Crippen LogP contribution in [0.25, 0.3) is 0 Å². The molecule has 0 saturated heterocycles. The molecule has 0 aromatic carbocycles. The zero-order valence-corrected chi connectivity index (χ0v) is 13.9. The molecule has 0 bridgehead atoms. The lowest BCUT2D eigenvalue weighted by atomic mass is 10.1. The van der Waals surface area contributed by atoms with Crippen LogP contribution in [-0.4, -0.2) is 43.3 Å². The van der Waals surface area contributed by atoms with E-state index in [4.69, 9.17) is 0 Å². The van der Waals surface area contributed by atoms with Gasteiger partial charge < -0.3 is 5.32 Å². The average molecular weight is 301 g/mol. The fraction of sp³-hybridized carbons (Fsp3) is 0.786. The Labute approximate surface area is 122 Å². The fourth-order valence-electron chi connectivity index (χ4n) is 2.26. The Hall–Kier alpha value is -0.880. The summed E-state index contributed by atoms with van der Waals surface area (Å²) in [6.45, 7) is 8.70. The number of rotatable bonds is 9. The molecule has 1 rings (SSSR count). The van der Waals surface area contributed by atoms with Crippen molar-refractivity contribution in [3.8, 4) is 0 Å². The van der Waals surface area contributed by atoms with Gasteiger partial charge in [-0.3, -0.25) is 4.68 Å². The summed E-state index contributed by atoms with van der Waals surface area (Å²) in [6.07, 6.45) is 4.49. The summed E-state index contributed by atoms with van der Waals surface area (Å²) in [7, 11) is -2.94. The second-order valence-electron chi connectivity index (χ2n) is 5.36. The highest BCUT2D eigenvalue weighted by Crippen LogP contribution is 2.15. The van der Waals surface area contributed by atoms with Crippen molar-refractivity contribution in [2.45, 2.75) is 46.6 Å². The molecule has 5 nitrogen and oxygen atoms in total. The highest BCUT2D eigenvalue weighted by Gasteiger charge is 2.12. The zero-order chi connectivity index (χ0) is 15.2. The maximum atomic E-state index is 11.2. The maximum Gasteiger partial charge on any atom is 0.149 e. The standard InChI is InChI=1S/C14H27N3O2S/c1-5-8-15-9-6-7-14-12(2)16-17(13(14)3)10-11-20(4,18)19/h15H,5-11H2,1-4H3. The second-order valence-corrected chi connectivity index (χ2v) is 7.62. The number of sulfone groups is 1. The van der Waals surface area contributed by atoms with E-state index < -0.39 is 9.84 Å². The quantitative estimate of drug-likeness (QED) is 0.702. The van der Waals surface area contributed by atoms with E-state index in [9.17, 15) is 8.42 Å². The first kappa shape index (κ1) is 17.2. The van der Waals surface area contributed by atoms with Crippen LogP contribution in [0.3, 0.4) is 0 Å². The summed E-state index contributed by atoms with van der Waals surface area (Å²) in [5, 5.41) is 7.85. The van der Waals surface area contributed by atoms with Gasteiger partial charge in [-0.2, -0.15) is 5.10 Å². The number of hydrogen-bond acceptors (Lipinski definition) is 4. The molecule has 0 aliphatic rings. The Morgan fingerprint density at radius 1 is 1.25 bits per heavy atom. The van der Waals surface area contributed by atoms with Crippen LogP contribution in [0.1, 0.15) is 36.7 Å². The van der Waals surface area contributed by atoms with Gasteiger partial charge in [-0.15, -0.1) is 0 Å². The molecule has 1 aromatic rings. The van der Waals surface area contributed by atoms with Crippen LogP contribution in [0.2, 0.25) is 0 Å². The summed E-state index contributed by atoms with van der Waals surface area (Å²) >= 11 is 0. The van der Waals surface area contributed by atoms with E-state index >= 15 is 0 Å². The largest absolute Gasteiger partial charge is 0.317 e. The summed E-state index contributed by atoms with van der Waals surface area (Å²) in [5.41, 5.74) is 3.38. The smallest absolute Gasteiger partial charge is 0.149 e. The highest BCUT2D eigenvalue weighted by molar-refractivity contribution is 7.90. The predicted octanol–water partition coefficient (Wildman–Crippen LogP) is 1.48. The van der Waals surface area contributed by atoms with Gasteiger partial charge in [-0.25, -0.2) is 8.42 Å². The maximum absolute atomic E-state index is 11.2. The molecule has 0 radical (unpaired) electrons. The van der Waals surface area contributed by atoms with Crippen LogP contribution in [0.5, 0.6) is 0 Å². The lowest BCUT2D eigenvalue weighted by Crippen LogP contribution is -2.16. The number of aryl methyl sites for hydroxylation is 2. The molecule has 0 fully saturated rings. The van der Waals surface area contributed by atoms with Gasteiger partial charge >= 0.3 is 0 Å². The molecule has 1 heterocycles. The Kier molecular flexibility index (Phi) is 6.68. The molecule has 6 heteroatoms. The Balaban J connectivity index is 2.57. The van der Waals surface area contributed by atoms with Crippen LogP contribution in [0, 0.1) is 13.8 Å². The van der Waals surface area contributed by atoms with Crippen LogP contribution in [0.4, 0.5) is 0 Å². The summed E-state index contributed by atoms with van der Waals surface area (Å²) in [5.74, 6) is 0.145. The summed E-state index contributed by atoms with van der Waals surface area (Å²) < 4.78 is 24.3. The number of nitrogens with one attached hydrogen (secondary N) is 1. The Morgan fingerprint density at radius 3 is 2.55 bits per heavy atom. The molecule has 0 aliphatic heterocycles. The Morgan fingerprint density at radius 2 is 1.95 bits per heavy atom. The molecule has 0 aliphatic carbocycles. The van der Waals surface area contributed by atoms with Gasteiger partial charge in [0.05, 0.1) is 18.0 Å². The van der Waals surface area contributed by atoms with E-state index in [1.807, 2.05) is 18.5 Å². The molecule has 0 unspecified atom stereocenters. The van der Waals surface area contributed by atoms with Crippen molar-refractivity contribution in [2.24, 2.45) is 0 Å². The zero-order valence-electron chi connectivity index (χ0n) is 13.1. The van der Waals surface area contributed by atoms with Gasteiger partial charge in [-0.05, 0) is 51.8 Å². The van der Waals surface area contributed by atoms with Crippen molar-refractivity contribution in [1.82, 2.24) is 15.1 Å². The molecule has 0 atom stereocenters. The minimum Gasteiger partial charge on any atom is -0.317 e. The van der Waals surface area contributed by atoms with Crippen molar-refractivity contribution in [2.75, 3.05) is 25.1 Å². The average Bonchev–Trinajstić information content (AvgIpc) is 2.62. The van der Waals surface area contributed by atoms with Crippen LogP contribution < -0.4 is 5.32 Å². The van der Waals surface area contributed by atoms with Gasteiger partial charge in [0.1, 0.15) is 9.84 Å². The third kappa shape index (κ3) is 5.63. The van der Waals surface area contributed by atoms with Crippen molar-refractivity contribution in [3.63, 3.8) is 0 Å². The summed E-state index contributed by atoms with van der Waals surface area (Å²) in [6, 6.07) is 0. The van der Waals surface area contributed by atoms with Gasteiger partial charge in [0.2, 0.25) is 0 Å². The third-order valence-electron chi connectivity index (χ3n) is 3.41. The monoisotopic (exact) mass is 301 g/mol. The summed E-state index contributed by atoms with van der Waals surface area (Å²) in [4.78, 5) is 0. The van der Waals surface area contributed by atoms with Crippen molar-refractivity contribution in [1.29, 1.82) is 0 Å². The molecular weight excluding hydrogens is 274 g/mol. The van der Waals surface area contributed by atoms with E-state index in [1.165, 1.54) is 11.8 Å². The van der Waals surface area contributed by atoms with E-state index in [0.717, 1.165) is 43.7 Å². The lowest BCUT2D eigenvalue weighted by molar-refractivity contribution is 0.580. The molecule has 116 valence electrons. The highest BCUT2D eigenvalue weighted by atomic mass is 32.2. The second kappa shape index (κ2) is 7.78. The van der Waals surface area contributed by atoms with Crippen LogP contribution in [0.15, 0.2) is 0 Å². The number of hydrogen-bond donors (Lipinski definition) is 1. The first-order valence-electron chi connectivity index (χ1n) is 7.26.